The van der Waals surface area contributed by atoms with Gasteiger partial charge in [0.1, 0.15) is 5.82 Å². The van der Waals surface area contributed by atoms with E-state index in [-0.39, 0.29) is 11.8 Å². The molecule has 0 saturated carbocycles. The lowest BCUT2D eigenvalue weighted by atomic mass is 10.1. The topological polar surface area (TPSA) is 71.2 Å². The number of pyridine rings is 1. The van der Waals surface area contributed by atoms with E-state index in [1.54, 1.807) is 6.20 Å². The molecule has 0 fully saturated rings. The highest BCUT2D eigenvalue weighted by molar-refractivity contribution is 5.94. The van der Waals surface area contributed by atoms with Crippen LogP contribution < -0.4 is 16.0 Å². The molecular formula is C14H24N4O. The Balaban J connectivity index is 2.69. The number of nitrogens with one attached hydrogen (secondary N) is 1. The molecule has 1 aromatic heterocycles. The minimum atomic E-state index is -0.498. The van der Waals surface area contributed by atoms with Gasteiger partial charge in [0.05, 0.1) is 17.9 Å². The molecule has 1 aromatic rings. The van der Waals surface area contributed by atoms with Crippen molar-refractivity contribution in [3.8, 4) is 0 Å². The van der Waals surface area contributed by atoms with E-state index < -0.39 is 6.04 Å². The SMILES string of the molecule is CCN(CC)c1ccc(NC(=O)C(N)C(C)C)cn1. The van der Waals surface area contributed by atoms with Gasteiger partial charge in [0.25, 0.3) is 0 Å². The molecular weight excluding hydrogens is 240 g/mol. The average molecular weight is 264 g/mol. The third-order valence-corrected chi connectivity index (χ3v) is 3.12. The van der Waals surface area contributed by atoms with Gasteiger partial charge in [-0.1, -0.05) is 13.8 Å². The van der Waals surface area contributed by atoms with Crippen molar-refractivity contribution in [2.45, 2.75) is 33.7 Å². The molecule has 106 valence electrons. The molecule has 0 saturated heterocycles. The summed E-state index contributed by atoms with van der Waals surface area (Å²) >= 11 is 0. The number of carbonyl (C=O) groups is 1. The molecule has 1 amide bonds. The monoisotopic (exact) mass is 264 g/mol. The Hall–Kier alpha value is -1.62. The highest BCUT2D eigenvalue weighted by Crippen LogP contribution is 2.14. The number of carbonyl (C=O) groups excluding carboxylic acids is 1. The van der Waals surface area contributed by atoms with E-state index in [0.717, 1.165) is 18.9 Å². The van der Waals surface area contributed by atoms with Crippen molar-refractivity contribution in [1.29, 1.82) is 0 Å². The van der Waals surface area contributed by atoms with Crippen LogP contribution in [0.4, 0.5) is 11.5 Å². The van der Waals surface area contributed by atoms with Gasteiger partial charge < -0.3 is 16.0 Å². The van der Waals surface area contributed by atoms with Crippen molar-refractivity contribution >= 4 is 17.4 Å². The second kappa shape index (κ2) is 7.09. The summed E-state index contributed by atoms with van der Waals surface area (Å²) in [5.74, 6) is 0.853. The average Bonchev–Trinajstić information content (AvgIpc) is 2.41. The zero-order valence-corrected chi connectivity index (χ0v) is 12.2. The second-order valence-electron chi connectivity index (χ2n) is 4.84. The molecule has 0 aliphatic carbocycles. The maximum absolute atomic E-state index is 11.8. The lowest BCUT2D eigenvalue weighted by Crippen LogP contribution is -2.39. The van der Waals surface area contributed by atoms with Crippen LogP contribution >= 0.6 is 0 Å². The minimum absolute atomic E-state index is 0.114. The lowest BCUT2D eigenvalue weighted by Gasteiger charge is -2.20. The molecule has 0 radical (unpaired) electrons. The van der Waals surface area contributed by atoms with Crippen LogP contribution in [0.3, 0.4) is 0 Å². The fourth-order valence-corrected chi connectivity index (χ4v) is 1.72. The van der Waals surface area contributed by atoms with E-state index in [1.165, 1.54) is 0 Å². The summed E-state index contributed by atoms with van der Waals surface area (Å²) in [7, 11) is 0. The Kier molecular flexibility index (Phi) is 5.76. The molecule has 0 aliphatic rings. The molecule has 1 unspecified atom stereocenters. The third-order valence-electron chi connectivity index (χ3n) is 3.12. The van der Waals surface area contributed by atoms with Crippen molar-refractivity contribution in [1.82, 2.24) is 4.98 Å². The molecule has 19 heavy (non-hydrogen) atoms. The van der Waals surface area contributed by atoms with Crippen LogP contribution in [-0.2, 0) is 4.79 Å². The number of rotatable bonds is 6. The quantitative estimate of drug-likeness (QED) is 0.822. The smallest absolute Gasteiger partial charge is 0.241 e. The molecule has 1 atom stereocenters. The van der Waals surface area contributed by atoms with E-state index in [4.69, 9.17) is 5.73 Å². The molecule has 0 bridgehead atoms. The molecule has 0 spiro atoms. The van der Waals surface area contributed by atoms with Gasteiger partial charge in [-0.25, -0.2) is 4.98 Å². The molecule has 5 heteroatoms. The van der Waals surface area contributed by atoms with Crippen LogP contribution in [0.2, 0.25) is 0 Å². The van der Waals surface area contributed by atoms with Crippen LogP contribution in [0, 0.1) is 5.92 Å². The summed E-state index contributed by atoms with van der Waals surface area (Å²) in [6.07, 6.45) is 1.67. The van der Waals surface area contributed by atoms with Crippen LogP contribution in [0.5, 0.6) is 0 Å². The largest absolute Gasteiger partial charge is 0.357 e. The van der Waals surface area contributed by atoms with E-state index in [2.05, 4.69) is 29.0 Å². The molecule has 5 nitrogen and oxygen atoms in total. The summed E-state index contributed by atoms with van der Waals surface area (Å²) in [4.78, 5) is 18.3. The van der Waals surface area contributed by atoms with Crippen LogP contribution in [0.15, 0.2) is 18.3 Å². The van der Waals surface area contributed by atoms with Crippen molar-refractivity contribution in [3.63, 3.8) is 0 Å². The summed E-state index contributed by atoms with van der Waals surface area (Å²) in [6.45, 7) is 9.84. The van der Waals surface area contributed by atoms with E-state index in [1.807, 2.05) is 26.0 Å². The fourth-order valence-electron chi connectivity index (χ4n) is 1.72. The maximum Gasteiger partial charge on any atom is 0.241 e. The van der Waals surface area contributed by atoms with Gasteiger partial charge in [-0.3, -0.25) is 4.79 Å². The zero-order chi connectivity index (χ0) is 14.4. The van der Waals surface area contributed by atoms with Crippen molar-refractivity contribution < 1.29 is 4.79 Å². The van der Waals surface area contributed by atoms with Gasteiger partial charge in [0.15, 0.2) is 0 Å². The van der Waals surface area contributed by atoms with E-state index in [9.17, 15) is 4.79 Å². The van der Waals surface area contributed by atoms with Gasteiger partial charge in [-0.2, -0.15) is 0 Å². The first-order valence-corrected chi connectivity index (χ1v) is 6.77. The highest BCUT2D eigenvalue weighted by atomic mass is 16.2. The Bertz CT molecular complexity index is 398. The maximum atomic E-state index is 11.8. The molecule has 0 aliphatic heterocycles. The molecule has 0 aromatic carbocycles. The second-order valence-corrected chi connectivity index (χ2v) is 4.84. The predicted molar refractivity (Wildman–Crippen MR) is 79.2 cm³/mol. The lowest BCUT2D eigenvalue weighted by molar-refractivity contribution is -0.118. The van der Waals surface area contributed by atoms with Crippen LogP contribution in [0.25, 0.3) is 0 Å². The fraction of sp³-hybridized carbons (Fsp3) is 0.571. The summed E-state index contributed by atoms with van der Waals surface area (Å²) < 4.78 is 0. The number of hydrogen-bond acceptors (Lipinski definition) is 4. The van der Waals surface area contributed by atoms with Gasteiger partial charge in [0, 0.05) is 13.1 Å². The van der Waals surface area contributed by atoms with Gasteiger partial charge in [0.2, 0.25) is 5.91 Å². The molecule has 1 rings (SSSR count). The minimum Gasteiger partial charge on any atom is -0.357 e. The van der Waals surface area contributed by atoms with Gasteiger partial charge >= 0.3 is 0 Å². The normalized spacial score (nSPS) is 12.3. The van der Waals surface area contributed by atoms with Crippen molar-refractivity contribution in [2.75, 3.05) is 23.3 Å². The van der Waals surface area contributed by atoms with Gasteiger partial charge in [-0.15, -0.1) is 0 Å². The number of nitrogens with zero attached hydrogens (tertiary/aromatic N) is 2. The van der Waals surface area contributed by atoms with Crippen molar-refractivity contribution in [3.05, 3.63) is 18.3 Å². The Labute approximate surface area is 115 Å². The number of amides is 1. The first-order valence-electron chi connectivity index (χ1n) is 6.77. The Morgan fingerprint density at radius 2 is 2.00 bits per heavy atom. The van der Waals surface area contributed by atoms with Crippen LogP contribution in [0.1, 0.15) is 27.7 Å². The third kappa shape index (κ3) is 4.21. The summed E-state index contributed by atoms with van der Waals surface area (Å²) in [6, 6.07) is 3.26. The first kappa shape index (κ1) is 15.4. The number of aromatic nitrogens is 1. The molecule has 3 N–H and O–H groups in total. The van der Waals surface area contributed by atoms with Crippen molar-refractivity contribution in [2.24, 2.45) is 11.7 Å². The first-order chi connectivity index (χ1) is 8.99. The predicted octanol–water partition coefficient (Wildman–Crippen LogP) is 1.85. The van der Waals surface area contributed by atoms with E-state index in [0.29, 0.717) is 5.69 Å². The van der Waals surface area contributed by atoms with Crippen LogP contribution in [-0.4, -0.2) is 30.0 Å². The number of nitrogens with two attached hydrogens (primary N) is 1. The number of hydrogen-bond donors (Lipinski definition) is 2. The number of anilines is 2. The van der Waals surface area contributed by atoms with Gasteiger partial charge in [-0.05, 0) is 31.9 Å². The standard InChI is InChI=1S/C14H24N4O/c1-5-18(6-2)12-8-7-11(9-16-12)17-14(19)13(15)10(3)4/h7-10,13H,5-6,15H2,1-4H3,(H,17,19). The van der Waals surface area contributed by atoms with E-state index >= 15 is 0 Å². The highest BCUT2D eigenvalue weighted by Gasteiger charge is 2.17. The molecule has 1 heterocycles. The Morgan fingerprint density at radius 1 is 1.37 bits per heavy atom. The zero-order valence-electron chi connectivity index (χ0n) is 12.2. The summed E-state index contributed by atoms with van der Waals surface area (Å²) in [5.41, 5.74) is 6.47. The summed E-state index contributed by atoms with van der Waals surface area (Å²) in [5, 5.41) is 2.78. The Morgan fingerprint density at radius 3 is 2.42 bits per heavy atom.